The van der Waals surface area contributed by atoms with Crippen LogP contribution in [-0.2, 0) is 4.74 Å². The second kappa shape index (κ2) is 8.06. The van der Waals surface area contributed by atoms with Crippen molar-refractivity contribution in [3.05, 3.63) is 0 Å². The molecule has 1 N–H and O–H groups in total. The molecule has 0 amide bonds. The summed E-state index contributed by atoms with van der Waals surface area (Å²) >= 11 is 0. The van der Waals surface area contributed by atoms with Gasteiger partial charge in [0.1, 0.15) is 0 Å². The summed E-state index contributed by atoms with van der Waals surface area (Å²) in [5.74, 6) is 1.50. The zero-order chi connectivity index (χ0) is 12.7. The molecule has 1 unspecified atom stereocenters. The number of methoxy groups -OCH3 is 1. The summed E-state index contributed by atoms with van der Waals surface area (Å²) in [6, 6.07) is 0.504. The molecule has 0 radical (unpaired) electrons. The van der Waals surface area contributed by atoms with Gasteiger partial charge in [0.2, 0.25) is 0 Å². The molecule has 0 bridgehead atoms. The van der Waals surface area contributed by atoms with E-state index in [-0.39, 0.29) is 0 Å². The van der Waals surface area contributed by atoms with Crippen molar-refractivity contribution in [3.63, 3.8) is 0 Å². The second-order valence-corrected chi connectivity index (χ2v) is 5.59. The van der Waals surface area contributed by atoms with Crippen molar-refractivity contribution in [2.75, 3.05) is 39.9 Å². The average molecular weight is 242 g/mol. The van der Waals surface area contributed by atoms with E-state index in [9.17, 15) is 0 Å². The Morgan fingerprint density at radius 3 is 2.41 bits per heavy atom. The summed E-state index contributed by atoms with van der Waals surface area (Å²) in [5.41, 5.74) is 0. The fourth-order valence-electron chi connectivity index (χ4n) is 2.49. The van der Waals surface area contributed by atoms with E-state index in [0.717, 1.165) is 19.1 Å². The molecule has 0 saturated carbocycles. The Labute approximate surface area is 107 Å². The highest BCUT2D eigenvalue weighted by molar-refractivity contribution is 4.76. The second-order valence-electron chi connectivity index (χ2n) is 5.59. The summed E-state index contributed by atoms with van der Waals surface area (Å²) in [6.07, 6.45) is 2.69. The lowest BCUT2D eigenvalue weighted by Gasteiger charge is -2.32. The molecule has 17 heavy (non-hydrogen) atoms. The molecule has 1 saturated heterocycles. The third kappa shape index (κ3) is 5.36. The number of ether oxygens (including phenoxy) is 1. The molecule has 1 heterocycles. The number of rotatable bonds is 7. The van der Waals surface area contributed by atoms with Gasteiger partial charge in [-0.1, -0.05) is 20.8 Å². The van der Waals surface area contributed by atoms with Crippen molar-refractivity contribution < 1.29 is 4.74 Å². The highest BCUT2D eigenvalue weighted by Gasteiger charge is 2.20. The summed E-state index contributed by atoms with van der Waals surface area (Å²) < 4.78 is 5.27. The molecule has 0 spiro atoms. The van der Waals surface area contributed by atoms with Crippen LogP contribution in [-0.4, -0.2) is 50.8 Å². The summed E-state index contributed by atoms with van der Waals surface area (Å²) in [4.78, 5) is 2.55. The van der Waals surface area contributed by atoms with Crippen LogP contribution in [0.3, 0.4) is 0 Å². The van der Waals surface area contributed by atoms with Gasteiger partial charge < -0.3 is 15.0 Å². The SMILES string of the molecule is CCN1CCC(CNC(COC)C(C)C)CC1. The van der Waals surface area contributed by atoms with Crippen LogP contribution in [0.1, 0.15) is 33.6 Å². The van der Waals surface area contributed by atoms with E-state index < -0.39 is 0 Å². The highest BCUT2D eigenvalue weighted by atomic mass is 16.5. The number of piperidine rings is 1. The van der Waals surface area contributed by atoms with Crippen molar-refractivity contribution in [3.8, 4) is 0 Å². The molecule has 1 aliphatic heterocycles. The third-order valence-corrected chi connectivity index (χ3v) is 3.97. The minimum Gasteiger partial charge on any atom is -0.383 e. The van der Waals surface area contributed by atoms with Crippen molar-refractivity contribution in [1.82, 2.24) is 10.2 Å². The molecule has 3 heteroatoms. The average Bonchev–Trinajstić information content (AvgIpc) is 2.34. The van der Waals surface area contributed by atoms with Gasteiger partial charge in [-0.2, -0.15) is 0 Å². The topological polar surface area (TPSA) is 24.5 Å². The minimum atomic E-state index is 0.504. The quantitative estimate of drug-likeness (QED) is 0.739. The first-order valence-electron chi connectivity index (χ1n) is 7.12. The lowest BCUT2D eigenvalue weighted by atomic mass is 9.95. The monoisotopic (exact) mass is 242 g/mol. The number of nitrogens with one attached hydrogen (secondary N) is 1. The zero-order valence-electron chi connectivity index (χ0n) is 12.0. The molecule has 1 aliphatic rings. The van der Waals surface area contributed by atoms with E-state index in [1.54, 1.807) is 7.11 Å². The Kier molecular flexibility index (Phi) is 7.09. The predicted octanol–water partition coefficient (Wildman–Crippen LogP) is 1.98. The maximum absolute atomic E-state index is 5.27. The Bertz CT molecular complexity index is 189. The standard InChI is InChI=1S/C14H30N2O/c1-5-16-8-6-13(7-9-16)10-15-14(11-17-4)12(2)3/h12-15H,5-11H2,1-4H3. The van der Waals surface area contributed by atoms with E-state index >= 15 is 0 Å². The lowest BCUT2D eigenvalue weighted by molar-refractivity contribution is 0.136. The highest BCUT2D eigenvalue weighted by Crippen LogP contribution is 2.16. The van der Waals surface area contributed by atoms with Gasteiger partial charge in [0.15, 0.2) is 0 Å². The minimum absolute atomic E-state index is 0.504. The molecule has 1 atom stereocenters. The van der Waals surface area contributed by atoms with Gasteiger partial charge in [-0.3, -0.25) is 0 Å². The maximum Gasteiger partial charge on any atom is 0.0618 e. The third-order valence-electron chi connectivity index (χ3n) is 3.97. The first-order chi connectivity index (χ1) is 8.17. The fourth-order valence-corrected chi connectivity index (χ4v) is 2.49. The van der Waals surface area contributed by atoms with Crippen molar-refractivity contribution in [2.45, 2.75) is 39.7 Å². The molecule has 1 fully saturated rings. The fraction of sp³-hybridized carbons (Fsp3) is 1.00. The van der Waals surface area contributed by atoms with Gasteiger partial charge in [0.25, 0.3) is 0 Å². The van der Waals surface area contributed by atoms with Crippen molar-refractivity contribution >= 4 is 0 Å². The first kappa shape index (κ1) is 14.9. The normalized spacial score (nSPS) is 21.0. The summed E-state index contributed by atoms with van der Waals surface area (Å²) in [7, 11) is 1.79. The van der Waals surface area contributed by atoms with Crippen LogP contribution in [0.15, 0.2) is 0 Å². The van der Waals surface area contributed by atoms with E-state index in [2.05, 4.69) is 31.0 Å². The Balaban J connectivity index is 2.21. The van der Waals surface area contributed by atoms with E-state index in [0.29, 0.717) is 12.0 Å². The zero-order valence-corrected chi connectivity index (χ0v) is 12.0. The smallest absolute Gasteiger partial charge is 0.0618 e. The molecule has 1 rings (SSSR count). The molecule has 0 aromatic carbocycles. The van der Waals surface area contributed by atoms with Crippen LogP contribution in [0.25, 0.3) is 0 Å². The summed E-state index contributed by atoms with van der Waals surface area (Å²) in [5, 5.41) is 3.68. The lowest BCUT2D eigenvalue weighted by Crippen LogP contribution is -2.43. The van der Waals surface area contributed by atoms with E-state index in [4.69, 9.17) is 4.74 Å². The number of nitrogens with zero attached hydrogens (tertiary/aromatic N) is 1. The van der Waals surface area contributed by atoms with E-state index in [1.807, 2.05) is 0 Å². The van der Waals surface area contributed by atoms with Gasteiger partial charge in [0, 0.05) is 13.2 Å². The van der Waals surface area contributed by atoms with Gasteiger partial charge in [-0.15, -0.1) is 0 Å². The molecule has 0 aliphatic carbocycles. The number of likely N-dealkylation sites (tertiary alicyclic amines) is 1. The van der Waals surface area contributed by atoms with Gasteiger partial charge in [-0.25, -0.2) is 0 Å². The Hall–Kier alpha value is -0.120. The van der Waals surface area contributed by atoms with E-state index in [1.165, 1.54) is 32.5 Å². The molecule has 0 aromatic rings. The molecular weight excluding hydrogens is 212 g/mol. The Morgan fingerprint density at radius 1 is 1.29 bits per heavy atom. The molecule has 102 valence electrons. The first-order valence-corrected chi connectivity index (χ1v) is 7.12. The number of hydrogen-bond donors (Lipinski definition) is 1. The number of hydrogen-bond acceptors (Lipinski definition) is 3. The maximum atomic E-state index is 5.27. The van der Waals surface area contributed by atoms with Crippen molar-refractivity contribution in [1.29, 1.82) is 0 Å². The van der Waals surface area contributed by atoms with Crippen LogP contribution in [0.4, 0.5) is 0 Å². The largest absolute Gasteiger partial charge is 0.383 e. The van der Waals surface area contributed by atoms with Crippen LogP contribution < -0.4 is 5.32 Å². The van der Waals surface area contributed by atoms with Gasteiger partial charge >= 0.3 is 0 Å². The van der Waals surface area contributed by atoms with Crippen LogP contribution >= 0.6 is 0 Å². The van der Waals surface area contributed by atoms with Crippen LogP contribution in [0.5, 0.6) is 0 Å². The predicted molar refractivity (Wildman–Crippen MR) is 73.3 cm³/mol. The molecule has 3 nitrogen and oxygen atoms in total. The molecular formula is C14H30N2O. The Morgan fingerprint density at radius 2 is 1.94 bits per heavy atom. The summed E-state index contributed by atoms with van der Waals surface area (Å²) in [6.45, 7) is 12.5. The van der Waals surface area contributed by atoms with Gasteiger partial charge in [-0.05, 0) is 50.9 Å². The van der Waals surface area contributed by atoms with Gasteiger partial charge in [0.05, 0.1) is 6.61 Å². The molecule has 0 aromatic heterocycles. The van der Waals surface area contributed by atoms with Crippen molar-refractivity contribution in [2.24, 2.45) is 11.8 Å². The van der Waals surface area contributed by atoms with Crippen LogP contribution in [0, 0.1) is 11.8 Å². The van der Waals surface area contributed by atoms with Crippen LogP contribution in [0.2, 0.25) is 0 Å².